The predicted octanol–water partition coefficient (Wildman–Crippen LogP) is 3.96. The Bertz CT molecular complexity index is 630. The first kappa shape index (κ1) is 14.7. The fourth-order valence-electron chi connectivity index (χ4n) is 3.22. The van der Waals surface area contributed by atoms with E-state index in [1.54, 1.807) is 0 Å². The van der Waals surface area contributed by atoms with Gasteiger partial charge >= 0.3 is 0 Å². The molecule has 0 saturated heterocycles. The summed E-state index contributed by atoms with van der Waals surface area (Å²) in [7, 11) is 0. The Morgan fingerprint density at radius 3 is 2.67 bits per heavy atom. The van der Waals surface area contributed by atoms with Crippen molar-refractivity contribution in [2.45, 2.75) is 39.0 Å². The van der Waals surface area contributed by atoms with Crippen LogP contribution in [0.5, 0.6) is 0 Å². The van der Waals surface area contributed by atoms with Gasteiger partial charge in [-0.15, -0.1) is 0 Å². The van der Waals surface area contributed by atoms with E-state index in [4.69, 9.17) is 10.3 Å². The molecule has 1 heterocycles. The van der Waals surface area contributed by atoms with E-state index in [1.807, 2.05) is 0 Å². The van der Waals surface area contributed by atoms with Crippen molar-refractivity contribution in [1.29, 1.82) is 0 Å². The highest BCUT2D eigenvalue weighted by Crippen LogP contribution is 2.39. The topological polar surface area (TPSA) is 64.9 Å². The number of aromatic nitrogens is 2. The molecule has 0 bridgehead atoms. The number of nitrogens with two attached hydrogens (primary N) is 1. The number of benzene rings is 1. The fourth-order valence-corrected chi connectivity index (χ4v) is 3.45. The number of hydrogen-bond donors (Lipinski definition) is 1. The Kier molecular flexibility index (Phi) is 4.13. The summed E-state index contributed by atoms with van der Waals surface area (Å²) in [4.78, 5) is 4.62. The van der Waals surface area contributed by atoms with Crippen LogP contribution in [-0.4, -0.2) is 16.7 Å². The number of halogens is 1. The molecule has 1 fully saturated rings. The van der Waals surface area contributed by atoms with E-state index in [1.165, 1.54) is 17.5 Å². The first-order valence-electron chi connectivity index (χ1n) is 7.41. The van der Waals surface area contributed by atoms with Crippen LogP contribution in [0.4, 0.5) is 0 Å². The van der Waals surface area contributed by atoms with Crippen molar-refractivity contribution < 1.29 is 4.52 Å². The molecule has 21 heavy (non-hydrogen) atoms. The van der Waals surface area contributed by atoms with Crippen LogP contribution < -0.4 is 5.73 Å². The maximum absolute atomic E-state index is 5.84. The average Bonchev–Trinajstić information content (AvgIpc) is 3.11. The summed E-state index contributed by atoms with van der Waals surface area (Å²) in [5.41, 5.74) is 9.20. The highest BCUT2D eigenvalue weighted by atomic mass is 79.9. The summed E-state index contributed by atoms with van der Waals surface area (Å²) in [6.45, 7) is 4.84. The average molecular weight is 350 g/mol. The first-order valence-corrected chi connectivity index (χ1v) is 8.20. The largest absolute Gasteiger partial charge is 0.339 e. The lowest BCUT2D eigenvalue weighted by molar-refractivity contribution is 0.326. The Balaban J connectivity index is 1.91. The van der Waals surface area contributed by atoms with E-state index in [0.29, 0.717) is 24.2 Å². The van der Waals surface area contributed by atoms with Crippen molar-refractivity contribution in [3.8, 4) is 11.4 Å². The molecule has 3 rings (SSSR count). The summed E-state index contributed by atoms with van der Waals surface area (Å²) in [6, 6.07) is 4.17. The van der Waals surface area contributed by atoms with Gasteiger partial charge in [0.05, 0.1) is 0 Å². The highest BCUT2D eigenvalue weighted by Gasteiger charge is 2.32. The van der Waals surface area contributed by atoms with Crippen LogP contribution >= 0.6 is 15.9 Å². The zero-order valence-corrected chi connectivity index (χ0v) is 14.0. The van der Waals surface area contributed by atoms with Gasteiger partial charge in [0, 0.05) is 16.0 Å². The monoisotopic (exact) mass is 349 g/mol. The standard InChI is InChI=1S/C16H20BrN3O/c1-9-6-12(7-10(2)14(9)17)15-19-16(21-20-15)13-5-3-4-11(13)8-18/h6-7,11,13H,3-5,8,18H2,1-2H3. The van der Waals surface area contributed by atoms with Crippen LogP contribution in [0.25, 0.3) is 11.4 Å². The minimum atomic E-state index is 0.328. The van der Waals surface area contributed by atoms with E-state index >= 15 is 0 Å². The molecule has 5 heteroatoms. The quantitative estimate of drug-likeness (QED) is 0.910. The normalized spacial score (nSPS) is 21.9. The van der Waals surface area contributed by atoms with Crippen molar-refractivity contribution in [3.05, 3.63) is 33.6 Å². The number of rotatable bonds is 3. The maximum Gasteiger partial charge on any atom is 0.230 e. The Morgan fingerprint density at radius 1 is 1.29 bits per heavy atom. The van der Waals surface area contributed by atoms with Gasteiger partial charge in [0.2, 0.25) is 11.7 Å². The molecule has 1 aromatic carbocycles. The molecule has 4 nitrogen and oxygen atoms in total. The third kappa shape index (κ3) is 2.77. The maximum atomic E-state index is 5.84. The van der Waals surface area contributed by atoms with Crippen LogP contribution in [-0.2, 0) is 0 Å². The Morgan fingerprint density at radius 2 is 2.00 bits per heavy atom. The molecule has 0 amide bonds. The van der Waals surface area contributed by atoms with Crippen LogP contribution in [0.1, 0.15) is 42.2 Å². The molecule has 112 valence electrons. The molecular weight excluding hydrogens is 330 g/mol. The van der Waals surface area contributed by atoms with Gasteiger partial charge in [-0.1, -0.05) is 27.5 Å². The lowest BCUT2D eigenvalue weighted by Crippen LogP contribution is -2.17. The second-order valence-corrected chi connectivity index (χ2v) is 6.71. The van der Waals surface area contributed by atoms with Gasteiger partial charge < -0.3 is 10.3 Å². The van der Waals surface area contributed by atoms with Gasteiger partial charge in [0.15, 0.2) is 0 Å². The van der Waals surface area contributed by atoms with Gasteiger partial charge in [-0.25, -0.2) is 0 Å². The molecule has 2 N–H and O–H groups in total. The lowest BCUT2D eigenvalue weighted by atomic mass is 9.96. The van der Waals surface area contributed by atoms with E-state index in [-0.39, 0.29) is 0 Å². The minimum absolute atomic E-state index is 0.328. The third-order valence-electron chi connectivity index (χ3n) is 4.42. The summed E-state index contributed by atoms with van der Waals surface area (Å²) in [5, 5.41) is 4.17. The van der Waals surface area contributed by atoms with Crippen molar-refractivity contribution in [2.24, 2.45) is 11.7 Å². The zero-order valence-electron chi connectivity index (χ0n) is 12.4. The molecule has 1 aromatic heterocycles. The minimum Gasteiger partial charge on any atom is -0.339 e. The zero-order chi connectivity index (χ0) is 15.0. The SMILES string of the molecule is Cc1cc(-c2noc(C3CCCC3CN)n2)cc(C)c1Br. The first-order chi connectivity index (χ1) is 10.1. The third-order valence-corrected chi connectivity index (χ3v) is 5.67. The van der Waals surface area contributed by atoms with Crippen molar-refractivity contribution >= 4 is 15.9 Å². The van der Waals surface area contributed by atoms with Gasteiger partial charge in [-0.3, -0.25) is 0 Å². The molecule has 2 atom stereocenters. The molecule has 1 saturated carbocycles. The number of aryl methyl sites for hydroxylation is 2. The molecule has 2 aromatic rings. The molecule has 0 radical (unpaired) electrons. The number of nitrogens with zero attached hydrogens (tertiary/aromatic N) is 2. The van der Waals surface area contributed by atoms with Crippen LogP contribution in [0.15, 0.2) is 21.1 Å². The van der Waals surface area contributed by atoms with Crippen LogP contribution in [0.3, 0.4) is 0 Å². The summed E-state index contributed by atoms with van der Waals surface area (Å²) in [6.07, 6.45) is 3.46. The Labute approximate surface area is 133 Å². The number of hydrogen-bond acceptors (Lipinski definition) is 4. The predicted molar refractivity (Wildman–Crippen MR) is 86.0 cm³/mol. The van der Waals surface area contributed by atoms with Gasteiger partial charge in [0.25, 0.3) is 0 Å². The van der Waals surface area contributed by atoms with Crippen molar-refractivity contribution in [2.75, 3.05) is 6.54 Å². The molecule has 0 aliphatic heterocycles. The Hall–Kier alpha value is -1.20. The van der Waals surface area contributed by atoms with Gasteiger partial charge in [-0.05, 0) is 62.4 Å². The van der Waals surface area contributed by atoms with Crippen LogP contribution in [0, 0.1) is 19.8 Å². The second kappa shape index (κ2) is 5.89. The summed E-state index contributed by atoms with van der Waals surface area (Å²) < 4.78 is 6.65. The lowest BCUT2D eigenvalue weighted by Gasteiger charge is -2.12. The van der Waals surface area contributed by atoms with Gasteiger partial charge in [0.1, 0.15) is 0 Å². The summed E-state index contributed by atoms with van der Waals surface area (Å²) >= 11 is 3.58. The molecule has 1 aliphatic rings. The second-order valence-electron chi connectivity index (χ2n) is 5.91. The highest BCUT2D eigenvalue weighted by molar-refractivity contribution is 9.10. The molecule has 2 unspecified atom stereocenters. The van der Waals surface area contributed by atoms with E-state index in [9.17, 15) is 0 Å². The van der Waals surface area contributed by atoms with Crippen molar-refractivity contribution in [3.63, 3.8) is 0 Å². The van der Waals surface area contributed by atoms with E-state index in [2.05, 4.69) is 52.1 Å². The molecule has 1 aliphatic carbocycles. The van der Waals surface area contributed by atoms with Crippen molar-refractivity contribution in [1.82, 2.24) is 10.1 Å². The van der Waals surface area contributed by atoms with Crippen LogP contribution in [0.2, 0.25) is 0 Å². The summed E-state index contributed by atoms with van der Waals surface area (Å²) in [5.74, 6) is 2.23. The smallest absolute Gasteiger partial charge is 0.230 e. The van der Waals surface area contributed by atoms with Gasteiger partial charge in [-0.2, -0.15) is 4.98 Å². The van der Waals surface area contributed by atoms with E-state index in [0.717, 1.165) is 28.8 Å². The van der Waals surface area contributed by atoms with E-state index < -0.39 is 0 Å². The molecular formula is C16H20BrN3O. The fraction of sp³-hybridized carbons (Fsp3) is 0.500. The molecule has 0 spiro atoms.